The van der Waals surface area contributed by atoms with Crippen molar-refractivity contribution in [1.29, 1.82) is 0 Å². The monoisotopic (exact) mass is 195 g/mol. The van der Waals surface area contributed by atoms with E-state index in [-0.39, 0.29) is 5.56 Å². The van der Waals surface area contributed by atoms with Gasteiger partial charge in [0.1, 0.15) is 17.7 Å². The minimum absolute atomic E-state index is 0.194. The summed E-state index contributed by atoms with van der Waals surface area (Å²) in [5.41, 5.74) is 0.760. The number of anilines is 1. The second-order valence-corrected chi connectivity index (χ2v) is 3.07. The molecule has 0 bridgehead atoms. The summed E-state index contributed by atoms with van der Waals surface area (Å²) in [7, 11) is 3.52. The predicted molar refractivity (Wildman–Crippen MR) is 52.7 cm³/mol. The van der Waals surface area contributed by atoms with Gasteiger partial charge in [-0.15, -0.1) is 0 Å². The Morgan fingerprint density at radius 1 is 1.50 bits per heavy atom. The zero-order valence-corrected chi connectivity index (χ0v) is 8.48. The van der Waals surface area contributed by atoms with E-state index in [1.165, 1.54) is 6.33 Å². The molecular formula is C9H13N3O2. The van der Waals surface area contributed by atoms with Gasteiger partial charge < -0.3 is 10.0 Å². The van der Waals surface area contributed by atoms with Crippen molar-refractivity contribution in [3.8, 4) is 0 Å². The van der Waals surface area contributed by atoms with Crippen molar-refractivity contribution >= 4 is 11.8 Å². The van der Waals surface area contributed by atoms with E-state index in [0.717, 1.165) is 0 Å². The van der Waals surface area contributed by atoms with Crippen molar-refractivity contribution in [1.82, 2.24) is 9.97 Å². The van der Waals surface area contributed by atoms with Gasteiger partial charge in [-0.25, -0.2) is 14.8 Å². The average Bonchev–Trinajstić information content (AvgIpc) is 2.16. The summed E-state index contributed by atoms with van der Waals surface area (Å²) in [6.45, 7) is 1.87. The molecule has 0 atom stereocenters. The van der Waals surface area contributed by atoms with Gasteiger partial charge in [-0.3, -0.25) is 0 Å². The van der Waals surface area contributed by atoms with E-state index in [1.807, 2.05) is 6.92 Å². The molecule has 1 rings (SSSR count). The first-order chi connectivity index (χ1) is 6.57. The van der Waals surface area contributed by atoms with Crippen LogP contribution in [0.4, 0.5) is 5.82 Å². The average molecular weight is 195 g/mol. The first-order valence-electron chi connectivity index (χ1n) is 4.32. The number of hydrogen-bond acceptors (Lipinski definition) is 4. The molecular weight excluding hydrogens is 182 g/mol. The molecule has 0 unspecified atom stereocenters. The predicted octanol–water partition coefficient (Wildman–Crippen LogP) is 0.803. The van der Waals surface area contributed by atoms with Crippen molar-refractivity contribution in [2.45, 2.75) is 13.3 Å². The zero-order valence-electron chi connectivity index (χ0n) is 8.48. The first kappa shape index (κ1) is 10.4. The number of rotatable bonds is 3. The molecule has 0 aromatic carbocycles. The smallest absolute Gasteiger partial charge is 0.341 e. The highest BCUT2D eigenvalue weighted by Crippen LogP contribution is 2.17. The van der Waals surface area contributed by atoms with E-state index in [1.54, 1.807) is 19.0 Å². The number of hydrogen-bond donors (Lipinski definition) is 1. The van der Waals surface area contributed by atoms with E-state index in [2.05, 4.69) is 9.97 Å². The van der Waals surface area contributed by atoms with Crippen LogP contribution in [-0.2, 0) is 6.42 Å². The highest BCUT2D eigenvalue weighted by Gasteiger charge is 2.17. The summed E-state index contributed by atoms with van der Waals surface area (Å²) < 4.78 is 0. The largest absolute Gasteiger partial charge is 0.477 e. The number of aryl methyl sites for hydroxylation is 1. The highest BCUT2D eigenvalue weighted by molar-refractivity contribution is 5.94. The lowest BCUT2D eigenvalue weighted by atomic mass is 10.1. The minimum Gasteiger partial charge on any atom is -0.477 e. The second kappa shape index (κ2) is 4.04. The van der Waals surface area contributed by atoms with Gasteiger partial charge in [-0.2, -0.15) is 0 Å². The molecule has 0 saturated carbocycles. The molecule has 0 aliphatic rings. The lowest BCUT2D eigenvalue weighted by molar-refractivity contribution is 0.0695. The van der Waals surface area contributed by atoms with Gasteiger partial charge in [0.05, 0.1) is 5.69 Å². The van der Waals surface area contributed by atoms with Gasteiger partial charge in [0.2, 0.25) is 0 Å². The van der Waals surface area contributed by atoms with Gasteiger partial charge in [-0.05, 0) is 6.42 Å². The second-order valence-electron chi connectivity index (χ2n) is 3.07. The Hall–Kier alpha value is -1.65. The Balaban J connectivity index is 3.35. The molecule has 0 radical (unpaired) electrons. The molecule has 5 heteroatoms. The van der Waals surface area contributed by atoms with Crippen molar-refractivity contribution in [2.75, 3.05) is 19.0 Å². The fraction of sp³-hybridized carbons (Fsp3) is 0.444. The molecule has 1 N–H and O–H groups in total. The van der Waals surface area contributed by atoms with Crippen molar-refractivity contribution in [2.24, 2.45) is 0 Å². The van der Waals surface area contributed by atoms with Crippen LogP contribution < -0.4 is 4.90 Å². The maximum atomic E-state index is 11.0. The van der Waals surface area contributed by atoms with E-state index in [0.29, 0.717) is 17.9 Å². The van der Waals surface area contributed by atoms with Gasteiger partial charge in [0.15, 0.2) is 0 Å². The lowest BCUT2D eigenvalue weighted by Gasteiger charge is -2.15. The Kier molecular flexibility index (Phi) is 3.01. The van der Waals surface area contributed by atoms with Crippen LogP contribution in [0.2, 0.25) is 0 Å². The van der Waals surface area contributed by atoms with Crippen LogP contribution in [0.3, 0.4) is 0 Å². The summed E-state index contributed by atoms with van der Waals surface area (Å²) >= 11 is 0. The molecule has 76 valence electrons. The fourth-order valence-electron chi connectivity index (χ4n) is 1.24. The molecule has 1 aromatic rings. The molecule has 0 saturated heterocycles. The van der Waals surface area contributed by atoms with Gasteiger partial charge in [0, 0.05) is 14.1 Å². The standard InChI is InChI=1S/C9H13N3O2/c1-4-6-7(9(13)14)8(12(2)3)11-5-10-6/h5H,4H2,1-3H3,(H,13,14). The summed E-state index contributed by atoms with van der Waals surface area (Å²) in [6.07, 6.45) is 1.98. The minimum atomic E-state index is -0.980. The van der Waals surface area contributed by atoms with Gasteiger partial charge in [-0.1, -0.05) is 6.92 Å². The number of carboxylic acid groups (broad SMARTS) is 1. The fourth-order valence-corrected chi connectivity index (χ4v) is 1.24. The van der Waals surface area contributed by atoms with E-state index in [4.69, 9.17) is 5.11 Å². The Bertz CT molecular complexity index is 350. The third kappa shape index (κ3) is 1.81. The Morgan fingerprint density at radius 3 is 2.57 bits per heavy atom. The topological polar surface area (TPSA) is 66.3 Å². The third-order valence-corrected chi connectivity index (χ3v) is 1.88. The summed E-state index contributed by atoms with van der Waals surface area (Å²) in [5.74, 6) is -0.532. The number of nitrogens with zero attached hydrogens (tertiary/aromatic N) is 3. The lowest BCUT2D eigenvalue weighted by Crippen LogP contribution is -2.18. The molecule has 14 heavy (non-hydrogen) atoms. The van der Waals surface area contributed by atoms with E-state index >= 15 is 0 Å². The van der Waals surface area contributed by atoms with Crippen LogP contribution in [0.15, 0.2) is 6.33 Å². The van der Waals surface area contributed by atoms with Gasteiger partial charge >= 0.3 is 5.97 Å². The molecule has 5 nitrogen and oxygen atoms in total. The summed E-state index contributed by atoms with van der Waals surface area (Å²) in [4.78, 5) is 20.6. The number of aromatic nitrogens is 2. The number of carbonyl (C=O) groups is 1. The van der Waals surface area contributed by atoms with Crippen molar-refractivity contribution in [3.63, 3.8) is 0 Å². The van der Waals surface area contributed by atoms with Crippen molar-refractivity contribution in [3.05, 3.63) is 17.6 Å². The SMILES string of the molecule is CCc1ncnc(N(C)C)c1C(=O)O. The maximum Gasteiger partial charge on any atom is 0.341 e. The van der Waals surface area contributed by atoms with E-state index in [9.17, 15) is 4.79 Å². The quantitative estimate of drug-likeness (QED) is 0.772. The van der Waals surface area contributed by atoms with E-state index < -0.39 is 5.97 Å². The van der Waals surface area contributed by atoms with Crippen LogP contribution in [0, 0.1) is 0 Å². The summed E-state index contributed by atoms with van der Waals surface area (Å²) in [6, 6.07) is 0. The summed E-state index contributed by atoms with van der Waals surface area (Å²) in [5, 5.41) is 9.02. The normalized spacial score (nSPS) is 9.93. The Labute approximate surface area is 82.4 Å². The van der Waals surface area contributed by atoms with Crippen LogP contribution >= 0.6 is 0 Å². The van der Waals surface area contributed by atoms with Crippen molar-refractivity contribution < 1.29 is 9.90 Å². The molecule has 0 aliphatic heterocycles. The van der Waals surface area contributed by atoms with Crippen LogP contribution in [0.5, 0.6) is 0 Å². The zero-order chi connectivity index (χ0) is 10.7. The first-order valence-corrected chi connectivity index (χ1v) is 4.32. The highest BCUT2D eigenvalue weighted by atomic mass is 16.4. The number of carboxylic acids is 1. The molecule has 0 amide bonds. The number of aromatic carboxylic acids is 1. The van der Waals surface area contributed by atoms with Crippen LogP contribution in [0.25, 0.3) is 0 Å². The molecule has 0 fully saturated rings. The van der Waals surface area contributed by atoms with Crippen LogP contribution in [-0.4, -0.2) is 35.1 Å². The molecule has 1 aromatic heterocycles. The molecule has 0 aliphatic carbocycles. The molecule has 1 heterocycles. The Morgan fingerprint density at radius 2 is 2.14 bits per heavy atom. The molecule has 0 spiro atoms. The third-order valence-electron chi connectivity index (χ3n) is 1.88. The maximum absolute atomic E-state index is 11.0. The van der Waals surface area contributed by atoms with Crippen LogP contribution in [0.1, 0.15) is 23.0 Å². The van der Waals surface area contributed by atoms with Gasteiger partial charge in [0.25, 0.3) is 0 Å².